The van der Waals surface area contributed by atoms with E-state index in [4.69, 9.17) is 9.72 Å². The summed E-state index contributed by atoms with van der Waals surface area (Å²) >= 11 is 0. The maximum atomic E-state index is 11.7. The number of unbranched alkanes of at least 4 members (excludes halogenated alkanes) is 1. The Kier molecular flexibility index (Phi) is 7.66. The molecule has 0 aliphatic carbocycles. The van der Waals surface area contributed by atoms with Crippen molar-refractivity contribution in [3.63, 3.8) is 0 Å². The van der Waals surface area contributed by atoms with Crippen LogP contribution in [0.3, 0.4) is 0 Å². The van der Waals surface area contributed by atoms with Gasteiger partial charge in [-0.1, -0.05) is 36.4 Å². The van der Waals surface area contributed by atoms with E-state index in [-0.39, 0.29) is 5.91 Å². The van der Waals surface area contributed by atoms with Crippen LogP contribution in [0.4, 0.5) is 0 Å². The number of aromatic nitrogens is 2. The highest BCUT2D eigenvalue weighted by molar-refractivity contribution is 5.87. The molecule has 3 rings (SSSR count). The van der Waals surface area contributed by atoms with Crippen LogP contribution in [0.5, 0.6) is 5.75 Å². The van der Waals surface area contributed by atoms with E-state index >= 15 is 0 Å². The Bertz CT molecular complexity index is 1000. The number of nitrogens with one attached hydrogen (secondary N) is 1. The molecule has 1 aromatic heterocycles. The highest BCUT2D eigenvalue weighted by Gasteiger charge is 2.10. The van der Waals surface area contributed by atoms with E-state index in [9.17, 15) is 4.79 Å². The Morgan fingerprint density at radius 1 is 1.10 bits per heavy atom. The standard InChI is InChI=1S/C25H31N3O2/c1-4-10-24(29)26-16-15-23-27-21-13-5-6-14-22(21)28(23)17-7-8-18-30-25-19(2)11-9-12-20(25)3/h4-6,9-14H,7-8,15-18H2,1-3H3,(H,26,29)/b10-4+. The SMILES string of the molecule is C/C=C/C(=O)NCCc1nc2ccccc2n1CCCCOc1c(C)cccc1C. The van der Waals surface area contributed by atoms with Gasteiger partial charge in [-0.25, -0.2) is 4.98 Å². The summed E-state index contributed by atoms with van der Waals surface area (Å²) in [5, 5.41) is 2.91. The van der Waals surface area contributed by atoms with E-state index in [1.807, 2.05) is 25.1 Å². The molecule has 0 saturated carbocycles. The molecule has 0 aliphatic heterocycles. The third-order valence-electron chi connectivity index (χ3n) is 5.13. The molecule has 0 unspecified atom stereocenters. The predicted molar refractivity (Wildman–Crippen MR) is 122 cm³/mol. The Morgan fingerprint density at radius 3 is 2.63 bits per heavy atom. The molecule has 5 nitrogen and oxygen atoms in total. The molecule has 1 amide bonds. The van der Waals surface area contributed by atoms with Crippen LogP contribution in [0.2, 0.25) is 0 Å². The third kappa shape index (κ3) is 5.50. The molecular formula is C25H31N3O2. The van der Waals surface area contributed by atoms with Gasteiger partial charge >= 0.3 is 0 Å². The number of nitrogens with zero attached hydrogens (tertiary/aromatic N) is 2. The largest absolute Gasteiger partial charge is 0.493 e. The first-order valence-electron chi connectivity index (χ1n) is 10.6. The summed E-state index contributed by atoms with van der Waals surface area (Å²) in [6.07, 6.45) is 5.96. The Hall–Kier alpha value is -3.08. The van der Waals surface area contributed by atoms with Gasteiger partial charge in [-0.15, -0.1) is 0 Å². The van der Waals surface area contributed by atoms with Gasteiger partial charge in [-0.3, -0.25) is 4.79 Å². The highest BCUT2D eigenvalue weighted by Crippen LogP contribution is 2.23. The lowest BCUT2D eigenvalue weighted by molar-refractivity contribution is -0.116. The van der Waals surface area contributed by atoms with Crippen molar-refractivity contribution in [1.82, 2.24) is 14.9 Å². The molecule has 1 heterocycles. The van der Waals surface area contributed by atoms with E-state index in [0.717, 1.165) is 42.0 Å². The number of ether oxygens (including phenoxy) is 1. The van der Waals surface area contributed by atoms with Gasteiger partial charge < -0.3 is 14.6 Å². The molecule has 0 saturated heterocycles. The summed E-state index contributed by atoms with van der Waals surface area (Å²) in [4.78, 5) is 16.4. The van der Waals surface area contributed by atoms with Gasteiger partial charge in [0.1, 0.15) is 11.6 Å². The zero-order chi connectivity index (χ0) is 21.3. The zero-order valence-corrected chi connectivity index (χ0v) is 18.1. The third-order valence-corrected chi connectivity index (χ3v) is 5.13. The van der Waals surface area contributed by atoms with Gasteiger partial charge in [0.15, 0.2) is 0 Å². The first kappa shape index (κ1) is 21.6. The summed E-state index contributed by atoms with van der Waals surface area (Å²) in [6.45, 7) is 8.16. The summed E-state index contributed by atoms with van der Waals surface area (Å²) in [6, 6.07) is 14.4. The predicted octanol–water partition coefficient (Wildman–Crippen LogP) is 4.75. The fourth-order valence-electron chi connectivity index (χ4n) is 3.65. The zero-order valence-electron chi connectivity index (χ0n) is 18.1. The quantitative estimate of drug-likeness (QED) is 0.391. The number of hydrogen-bond donors (Lipinski definition) is 1. The van der Waals surface area contributed by atoms with Crippen LogP contribution in [0, 0.1) is 13.8 Å². The number of allylic oxidation sites excluding steroid dienone is 1. The molecule has 0 bridgehead atoms. The van der Waals surface area contributed by atoms with Crippen LogP contribution in [0.1, 0.15) is 36.7 Å². The molecule has 0 aliphatic rings. The second-order valence-corrected chi connectivity index (χ2v) is 7.49. The lowest BCUT2D eigenvalue weighted by Crippen LogP contribution is -2.24. The minimum atomic E-state index is -0.0659. The number of para-hydroxylation sites is 3. The number of imidazole rings is 1. The number of aryl methyl sites for hydroxylation is 3. The molecule has 0 atom stereocenters. The van der Waals surface area contributed by atoms with Gasteiger partial charge in [-0.05, 0) is 62.9 Å². The fourth-order valence-corrected chi connectivity index (χ4v) is 3.65. The van der Waals surface area contributed by atoms with E-state index < -0.39 is 0 Å². The average molecular weight is 406 g/mol. The number of carbonyl (C=O) groups excluding carboxylic acids is 1. The number of fused-ring (bicyclic) bond motifs is 1. The van der Waals surface area contributed by atoms with Crippen molar-refractivity contribution in [3.05, 3.63) is 71.6 Å². The maximum absolute atomic E-state index is 11.7. The summed E-state index contributed by atoms with van der Waals surface area (Å²) in [5.41, 5.74) is 4.50. The van der Waals surface area contributed by atoms with Crippen molar-refractivity contribution < 1.29 is 9.53 Å². The Balaban J connectivity index is 1.58. The van der Waals surface area contributed by atoms with Gasteiger partial charge in [0.25, 0.3) is 0 Å². The van der Waals surface area contributed by atoms with Crippen molar-refractivity contribution in [2.24, 2.45) is 0 Å². The number of amides is 1. The number of carbonyl (C=O) groups is 1. The molecule has 5 heteroatoms. The molecule has 1 N–H and O–H groups in total. The first-order chi connectivity index (χ1) is 14.6. The number of hydrogen-bond acceptors (Lipinski definition) is 3. The van der Waals surface area contributed by atoms with Crippen molar-refractivity contribution >= 4 is 16.9 Å². The number of rotatable bonds is 10. The van der Waals surface area contributed by atoms with Gasteiger partial charge in [0.2, 0.25) is 5.91 Å². The van der Waals surface area contributed by atoms with Gasteiger partial charge in [0.05, 0.1) is 17.6 Å². The fraction of sp³-hybridized carbons (Fsp3) is 0.360. The van der Waals surface area contributed by atoms with Crippen LogP contribution in [-0.4, -0.2) is 28.6 Å². The lowest BCUT2D eigenvalue weighted by atomic mass is 10.1. The van der Waals surface area contributed by atoms with E-state index in [0.29, 0.717) is 19.6 Å². The monoisotopic (exact) mass is 405 g/mol. The van der Waals surface area contributed by atoms with Crippen LogP contribution in [0.15, 0.2) is 54.6 Å². The van der Waals surface area contributed by atoms with Crippen LogP contribution in [0.25, 0.3) is 11.0 Å². The normalized spacial score (nSPS) is 11.3. The van der Waals surface area contributed by atoms with E-state index in [2.05, 4.69) is 48.0 Å². The minimum Gasteiger partial charge on any atom is -0.493 e. The number of benzene rings is 2. The minimum absolute atomic E-state index is 0.0659. The summed E-state index contributed by atoms with van der Waals surface area (Å²) < 4.78 is 8.31. The van der Waals surface area contributed by atoms with Gasteiger partial charge in [0, 0.05) is 19.5 Å². The van der Waals surface area contributed by atoms with Crippen LogP contribution >= 0.6 is 0 Å². The summed E-state index contributed by atoms with van der Waals surface area (Å²) in [5.74, 6) is 1.94. The van der Waals surface area contributed by atoms with Crippen molar-refractivity contribution in [2.45, 2.75) is 46.6 Å². The Labute approximate surface area is 178 Å². The maximum Gasteiger partial charge on any atom is 0.243 e. The topological polar surface area (TPSA) is 56.2 Å². The molecule has 158 valence electrons. The molecule has 0 spiro atoms. The van der Waals surface area contributed by atoms with E-state index in [1.54, 1.807) is 12.2 Å². The smallest absolute Gasteiger partial charge is 0.243 e. The first-order valence-corrected chi connectivity index (χ1v) is 10.6. The van der Waals surface area contributed by atoms with Crippen molar-refractivity contribution in [2.75, 3.05) is 13.2 Å². The second kappa shape index (κ2) is 10.6. The van der Waals surface area contributed by atoms with Gasteiger partial charge in [-0.2, -0.15) is 0 Å². The van der Waals surface area contributed by atoms with E-state index in [1.165, 1.54) is 11.1 Å². The van der Waals surface area contributed by atoms with Crippen molar-refractivity contribution in [3.8, 4) is 5.75 Å². The molecule has 30 heavy (non-hydrogen) atoms. The second-order valence-electron chi connectivity index (χ2n) is 7.49. The average Bonchev–Trinajstić information content (AvgIpc) is 3.07. The molecule has 0 fully saturated rings. The molecule has 2 aromatic carbocycles. The highest BCUT2D eigenvalue weighted by atomic mass is 16.5. The van der Waals surface area contributed by atoms with Crippen LogP contribution in [-0.2, 0) is 17.8 Å². The molecule has 3 aromatic rings. The molecule has 0 radical (unpaired) electrons. The Morgan fingerprint density at radius 2 is 1.87 bits per heavy atom. The molecular weight excluding hydrogens is 374 g/mol. The lowest BCUT2D eigenvalue weighted by Gasteiger charge is -2.13. The summed E-state index contributed by atoms with van der Waals surface area (Å²) in [7, 11) is 0. The van der Waals surface area contributed by atoms with Crippen molar-refractivity contribution in [1.29, 1.82) is 0 Å². The van der Waals surface area contributed by atoms with Crippen LogP contribution < -0.4 is 10.1 Å².